The highest BCUT2D eigenvalue weighted by atomic mass is 32.1. The van der Waals surface area contributed by atoms with Crippen LogP contribution in [0.5, 0.6) is 0 Å². The predicted molar refractivity (Wildman–Crippen MR) is 222 cm³/mol. The van der Waals surface area contributed by atoms with Gasteiger partial charge in [0.05, 0.1) is 22.4 Å². The van der Waals surface area contributed by atoms with E-state index in [1.807, 2.05) is 11.3 Å². The van der Waals surface area contributed by atoms with Crippen LogP contribution < -0.4 is 9.80 Å². The van der Waals surface area contributed by atoms with Gasteiger partial charge in [0.15, 0.2) is 0 Å². The summed E-state index contributed by atoms with van der Waals surface area (Å²) in [6.07, 6.45) is 0. The van der Waals surface area contributed by atoms with E-state index < -0.39 is 0 Å². The highest BCUT2D eigenvalue weighted by Gasteiger charge is 2.26. The fourth-order valence-corrected chi connectivity index (χ4v) is 9.39. The Bertz CT molecular complexity index is 2840. The first-order chi connectivity index (χ1) is 25.8. The summed E-state index contributed by atoms with van der Waals surface area (Å²) in [6, 6.07) is 68.6. The smallest absolute Gasteiger partial charge is 0.0555 e. The van der Waals surface area contributed by atoms with Crippen molar-refractivity contribution in [1.82, 2.24) is 4.57 Å². The average molecular weight is 682 g/mol. The molecule has 0 radical (unpaired) electrons. The Morgan fingerprint density at radius 3 is 1.44 bits per heavy atom. The quantitative estimate of drug-likeness (QED) is 0.183. The minimum atomic E-state index is 1.12. The minimum Gasteiger partial charge on any atom is -0.310 e. The van der Waals surface area contributed by atoms with Gasteiger partial charge in [-0.05, 0) is 108 Å². The van der Waals surface area contributed by atoms with Crippen molar-refractivity contribution in [3.05, 3.63) is 188 Å². The summed E-state index contributed by atoms with van der Waals surface area (Å²) in [5.74, 6) is 0. The van der Waals surface area contributed by atoms with Crippen molar-refractivity contribution in [1.29, 1.82) is 0 Å². The highest BCUT2D eigenvalue weighted by Crippen LogP contribution is 2.52. The van der Waals surface area contributed by atoms with E-state index in [1.165, 1.54) is 58.9 Å². The standard InChI is InChI=1S/C48H31N3S/c1-4-14-34(15-5-1)49-37-28-33(32-26-27-42-40(30-32)39-20-10-11-21-41(39)51(42)36-18-8-3-9-19-36)29-38(31-37)50(35-16-6-2-7-17-35)44-23-13-25-46-48(44)47-43(49)22-12-24-45(47)52-46/h1-31H. The molecule has 244 valence electrons. The van der Waals surface area contributed by atoms with Crippen LogP contribution in [0.1, 0.15) is 0 Å². The number of anilines is 6. The number of hydrogen-bond donors (Lipinski definition) is 0. The largest absolute Gasteiger partial charge is 0.310 e. The van der Waals surface area contributed by atoms with Gasteiger partial charge < -0.3 is 14.4 Å². The summed E-state index contributed by atoms with van der Waals surface area (Å²) >= 11 is 1.87. The molecule has 0 aliphatic carbocycles. The van der Waals surface area contributed by atoms with Gasteiger partial charge in [-0.1, -0.05) is 91.0 Å². The lowest BCUT2D eigenvalue weighted by Gasteiger charge is -2.29. The summed E-state index contributed by atoms with van der Waals surface area (Å²) in [5.41, 5.74) is 12.8. The molecule has 2 bridgehead atoms. The first-order valence-electron chi connectivity index (χ1n) is 17.7. The zero-order valence-electron chi connectivity index (χ0n) is 28.1. The van der Waals surface area contributed by atoms with E-state index in [1.54, 1.807) is 0 Å². The maximum atomic E-state index is 2.45. The third-order valence-corrected chi connectivity index (χ3v) is 11.5. The summed E-state index contributed by atoms with van der Waals surface area (Å²) in [4.78, 5) is 4.90. The molecule has 2 aromatic heterocycles. The Kier molecular flexibility index (Phi) is 6.42. The maximum Gasteiger partial charge on any atom is 0.0555 e. The number of hydrogen-bond acceptors (Lipinski definition) is 3. The van der Waals surface area contributed by atoms with Gasteiger partial charge in [0.1, 0.15) is 0 Å². The van der Waals surface area contributed by atoms with E-state index in [4.69, 9.17) is 0 Å². The van der Waals surface area contributed by atoms with Crippen molar-refractivity contribution in [3.8, 4) is 16.8 Å². The van der Waals surface area contributed by atoms with Crippen LogP contribution in [0.3, 0.4) is 0 Å². The lowest BCUT2D eigenvalue weighted by Crippen LogP contribution is -2.12. The monoisotopic (exact) mass is 681 g/mol. The van der Waals surface area contributed by atoms with Gasteiger partial charge in [-0.3, -0.25) is 0 Å². The molecule has 0 N–H and O–H groups in total. The molecule has 0 spiro atoms. The van der Waals surface area contributed by atoms with Gasteiger partial charge in [-0.15, -0.1) is 11.3 Å². The number of thiophene rings is 1. The Hall–Kier alpha value is -6.62. The van der Waals surface area contributed by atoms with Crippen LogP contribution in [-0.2, 0) is 0 Å². The molecule has 4 heteroatoms. The second-order valence-corrected chi connectivity index (χ2v) is 14.5. The van der Waals surface area contributed by atoms with Crippen molar-refractivity contribution < 1.29 is 0 Å². The van der Waals surface area contributed by atoms with Crippen LogP contribution in [0.2, 0.25) is 0 Å². The minimum absolute atomic E-state index is 1.12. The molecule has 11 rings (SSSR count). The summed E-state index contributed by atoms with van der Waals surface area (Å²) < 4.78 is 4.95. The second kappa shape index (κ2) is 11.5. The predicted octanol–water partition coefficient (Wildman–Crippen LogP) is 14.1. The number of nitrogens with zero attached hydrogens (tertiary/aromatic N) is 3. The van der Waals surface area contributed by atoms with Gasteiger partial charge in [0.2, 0.25) is 0 Å². The van der Waals surface area contributed by atoms with Crippen molar-refractivity contribution in [3.63, 3.8) is 0 Å². The SMILES string of the molecule is c1ccc(N2c3cc(-c4ccc5c(c4)c4ccccc4n5-c4ccccc4)cc(c3)N(c3ccccc3)c3cccc4sc5cccc2c5c34)cc1. The first-order valence-corrected chi connectivity index (χ1v) is 18.5. The van der Waals surface area contributed by atoms with E-state index in [0.717, 1.165) is 34.0 Å². The zero-order chi connectivity index (χ0) is 34.2. The molecule has 10 aromatic rings. The maximum absolute atomic E-state index is 2.45. The molecule has 1 aliphatic heterocycles. The number of fused-ring (bicyclic) bond motifs is 5. The third-order valence-electron chi connectivity index (χ3n) is 10.4. The van der Waals surface area contributed by atoms with Gasteiger partial charge >= 0.3 is 0 Å². The van der Waals surface area contributed by atoms with E-state index >= 15 is 0 Å². The molecule has 0 saturated carbocycles. The van der Waals surface area contributed by atoms with E-state index in [-0.39, 0.29) is 0 Å². The molecule has 0 saturated heterocycles. The van der Waals surface area contributed by atoms with Crippen LogP contribution >= 0.6 is 11.3 Å². The van der Waals surface area contributed by atoms with Crippen LogP contribution in [0, 0.1) is 0 Å². The summed E-state index contributed by atoms with van der Waals surface area (Å²) in [5, 5.41) is 5.05. The van der Waals surface area contributed by atoms with Gasteiger partial charge in [-0.2, -0.15) is 0 Å². The fraction of sp³-hybridized carbons (Fsp3) is 0. The Morgan fingerprint density at radius 2 is 0.846 bits per heavy atom. The summed E-state index contributed by atoms with van der Waals surface area (Å²) in [6.45, 7) is 0. The van der Waals surface area contributed by atoms with Crippen molar-refractivity contribution in [2.24, 2.45) is 0 Å². The van der Waals surface area contributed by atoms with Crippen molar-refractivity contribution >= 4 is 87.4 Å². The molecular formula is C48H31N3S. The molecule has 3 heterocycles. The van der Waals surface area contributed by atoms with Gasteiger partial charge in [0, 0.05) is 59.4 Å². The van der Waals surface area contributed by atoms with Gasteiger partial charge in [0.25, 0.3) is 0 Å². The van der Waals surface area contributed by atoms with Crippen LogP contribution in [0.25, 0.3) is 58.8 Å². The number of rotatable bonds is 4. The number of benzene rings is 8. The van der Waals surface area contributed by atoms with E-state index in [2.05, 4.69) is 202 Å². The average Bonchev–Trinajstić information content (AvgIpc) is 3.76. The molecule has 52 heavy (non-hydrogen) atoms. The fourth-order valence-electron chi connectivity index (χ4n) is 8.24. The molecule has 1 aliphatic rings. The number of aromatic nitrogens is 1. The lowest BCUT2D eigenvalue weighted by molar-refractivity contribution is 1.18. The normalized spacial score (nSPS) is 12.5. The second-order valence-electron chi connectivity index (χ2n) is 13.4. The molecule has 0 fully saturated rings. The van der Waals surface area contributed by atoms with Crippen LogP contribution in [0.4, 0.5) is 34.1 Å². The van der Waals surface area contributed by atoms with Gasteiger partial charge in [-0.25, -0.2) is 0 Å². The van der Waals surface area contributed by atoms with Crippen molar-refractivity contribution in [2.75, 3.05) is 9.80 Å². The zero-order valence-corrected chi connectivity index (χ0v) is 29.0. The first kappa shape index (κ1) is 29.1. The highest BCUT2D eigenvalue weighted by molar-refractivity contribution is 7.26. The van der Waals surface area contributed by atoms with Crippen LogP contribution in [-0.4, -0.2) is 4.57 Å². The molecule has 0 atom stereocenters. The van der Waals surface area contributed by atoms with E-state index in [0.29, 0.717) is 0 Å². The van der Waals surface area contributed by atoms with Crippen LogP contribution in [0.15, 0.2) is 188 Å². The molecule has 0 amide bonds. The molecular weight excluding hydrogens is 651 g/mol. The lowest BCUT2D eigenvalue weighted by atomic mass is 10.00. The van der Waals surface area contributed by atoms with Crippen molar-refractivity contribution in [2.45, 2.75) is 0 Å². The Morgan fingerprint density at radius 1 is 0.327 bits per heavy atom. The topological polar surface area (TPSA) is 11.4 Å². The Labute approximate surface area is 305 Å². The molecule has 0 unspecified atom stereocenters. The number of para-hydroxylation sites is 4. The van der Waals surface area contributed by atoms with E-state index in [9.17, 15) is 0 Å². The molecule has 8 aromatic carbocycles. The molecule has 3 nitrogen and oxygen atoms in total. The summed E-state index contributed by atoms with van der Waals surface area (Å²) in [7, 11) is 0. The Balaban J connectivity index is 1.23. The third kappa shape index (κ3) is 4.38.